The van der Waals surface area contributed by atoms with Gasteiger partial charge in [-0.3, -0.25) is 4.79 Å². The predicted molar refractivity (Wildman–Crippen MR) is 96.5 cm³/mol. The summed E-state index contributed by atoms with van der Waals surface area (Å²) in [5.41, 5.74) is 4.67. The molecule has 2 aromatic rings. The molecule has 1 amide bonds. The molecule has 0 fully saturated rings. The summed E-state index contributed by atoms with van der Waals surface area (Å²) < 4.78 is 5.43. The summed E-state index contributed by atoms with van der Waals surface area (Å²) >= 11 is 0. The molecule has 0 aliphatic heterocycles. The number of rotatable bonds is 6. The maximum Gasteiger partial charge on any atom is 0.251 e. The number of aryl methyl sites for hydroxylation is 2. The zero-order valence-corrected chi connectivity index (χ0v) is 14.0. The van der Waals surface area contributed by atoms with Gasteiger partial charge in [0, 0.05) is 5.56 Å². The predicted octanol–water partition coefficient (Wildman–Crippen LogP) is 4.23. The molecule has 0 radical (unpaired) electrons. The van der Waals surface area contributed by atoms with E-state index in [1.807, 2.05) is 6.92 Å². The van der Waals surface area contributed by atoms with Gasteiger partial charge in [0.05, 0.1) is 6.04 Å². The second-order valence-electron chi connectivity index (χ2n) is 6.20. The van der Waals surface area contributed by atoms with Gasteiger partial charge in [-0.05, 0) is 67.1 Å². The van der Waals surface area contributed by atoms with Crippen LogP contribution < -0.4 is 10.1 Å². The third kappa shape index (κ3) is 3.67. The first-order valence-corrected chi connectivity index (χ1v) is 8.43. The molecule has 0 saturated carbocycles. The minimum atomic E-state index is -0.0710. The summed E-state index contributed by atoms with van der Waals surface area (Å²) in [6.45, 7) is 6.10. The number of carbonyl (C=O) groups excluding carboxylic acids is 1. The van der Waals surface area contributed by atoms with Crippen LogP contribution in [-0.2, 0) is 12.8 Å². The highest BCUT2D eigenvalue weighted by atomic mass is 16.5. The lowest BCUT2D eigenvalue weighted by atomic mass is 10.0. The van der Waals surface area contributed by atoms with Gasteiger partial charge in [-0.2, -0.15) is 0 Å². The van der Waals surface area contributed by atoms with Crippen molar-refractivity contribution in [3.05, 3.63) is 77.4 Å². The molecule has 2 aromatic carbocycles. The minimum Gasteiger partial charge on any atom is -0.490 e. The van der Waals surface area contributed by atoms with Crippen molar-refractivity contribution < 1.29 is 9.53 Å². The third-order valence-electron chi connectivity index (χ3n) is 4.45. The van der Waals surface area contributed by atoms with Crippen molar-refractivity contribution in [2.45, 2.75) is 32.2 Å². The van der Waals surface area contributed by atoms with Crippen molar-refractivity contribution in [2.24, 2.45) is 0 Å². The van der Waals surface area contributed by atoms with Crippen molar-refractivity contribution in [3.8, 4) is 5.75 Å². The first-order valence-electron chi connectivity index (χ1n) is 8.43. The van der Waals surface area contributed by atoms with Crippen LogP contribution in [0.25, 0.3) is 0 Å². The van der Waals surface area contributed by atoms with Gasteiger partial charge >= 0.3 is 0 Å². The lowest BCUT2D eigenvalue weighted by Gasteiger charge is -2.16. The number of benzene rings is 2. The van der Waals surface area contributed by atoms with Crippen LogP contribution in [0.4, 0.5) is 0 Å². The van der Waals surface area contributed by atoms with Crippen LogP contribution in [0.1, 0.15) is 46.4 Å². The standard InChI is InChI=1S/C21H23NO2/c1-3-13-24-20-11-9-17(10-12-20)21(23)22-15(2)18-8-7-16-5-4-6-19(16)14-18/h3,7-12,14-15H,1,4-6,13H2,2H3,(H,22,23)/t15-/m1/s1. The number of fused-ring (bicyclic) bond motifs is 1. The maximum absolute atomic E-state index is 12.4. The summed E-state index contributed by atoms with van der Waals surface area (Å²) in [7, 11) is 0. The molecule has 0 heterocycles. The highest BCUT2D eigenvalue weighted by Crippen LogP contribution is 2.25. The Hall–Kier alpha value is -2.55. The van der Waals surface area contributed by atoms with E-state index in [0.717, 1.165) is 17.7 Å². The molecule has 1 atom stereocenters. The number of amides is 1. The van der Waals surface area contributed by atoms with Crippen molar-refractivity contribution in [2.75, 3.05) is 6.61 Å². The zero-order chi connectivity index (χ0) is 16.9. The summed E-state index contributed by atoms with van der Waals surface area (Å²) in [6.07, 6.45) is 5.26. The fourth-order valence-corrected chi connectivity index (χ4v) is 3.08. The number of hydrogen-bond donors (Lipinski definition) is 1. The Balaban J connectivity index is 1.64. The van der Waals surface area contributed by atoms with Gasteiger partial charge in [-0.1, -0.05) is 30.9 Å². The molecule has 24 heavy (non-hydrogen) atoms. The molecule has 0 bridgehead atoms. The van der Waals surface area contributed by atoms with Crippen LogP contribution in [0.15, 0.2) is 55.1 Å². The van der Waals surface area contributed by atoms with E-state index in [9.17, 15) is 4.79 Å². The Labute approximate surface area is 143 Å². The van der Waals surface area contributed by atoms with Crippen LogP contribution in [0.2, 0.25) is 0 Å². The molecule has 124 valence electrons. The first kappa shape index (κ1) is 16.3. The zero-order valence-electron chi connectivity index (χ0n) is 14.0. The normalized spacial score (nSPS) is 13.9. The van der Waals surface area contributed by atoms with Crippen LogP contribution in [0.3, 0.4) is 0 Å². The van der Waals surface area contributed by atoms with Crippen molar-refractivity contribution in [3.63, 3.8) is 0 Å². The molecule has 1 aliphatic rings. The summed E-state index contributed by atoms with van der Waals surface area (Å²) in [5.74, 6) is 0.663. The van der Waals surface area contributed by atoms with Gasteiger partial charge in [0.15, 0.2) is 0 Å². The Morgan fingerprint density at radius 3 is 2.71 bits per heavy atom. The lowest BCUT2D eigenvalue weighted by molar-refractivity contribution is 0.0940. The Kier molecular flexibility index (Phi) is 4.99. The SMILES string of the molecule is C=CCOc1ccc(C(=O)N[C@H](C)c2ccc3c(c2)CCC3)cc1. The fourth-order valence-electron chi connectivity index (χ4n) is 3.08. The Morgan fingerprint density at radius 1 is 1.21 bits per heavy atom. The molecule has 0 spiro atoms. The summed E-state index contributed by atoms with van der Waals surface area (Å²) in [5, 5.41) is 3.07. The van der Waals surface area contributed by atoms with E-state index in [4.69, 9.17) is 4.74 Å². The molecular formula is C21H23NO2. The van der Waals surface area contributed by atoms with Crippen molar-refractivity contribution in [1.82, 2.24) is 5.32 Å². The van der Waals surface area contributed by atoms with E-state index in [1.54, 1.807) is 30.3 Å². The average molecular weight is 321 g/mol. The summed E-state index contributed by atoms with van der Waals surface area (Å²) in [4.78, 5) is 12.4. The van der Waals surface area contributed by atoms with E-state index in [1.165, 1.54) is 24.0 Å². The second kappa shape index (κ2) is 7.35. The van der Waals surface area contributed by atoms with E-state index in [2.05, 4.69) is 30.1 Å². The largest absolute Gasteiger partial charge is 0.490 e. The molecule has 1 aliphatic carbocycles. The highest BCUT2D eigenvalue weighted by Gasteiger charge is 2.15. The van der Waals surface area contributed by atoms with Gasteiger partial charge in [0.25, 0.3) is 5.91 Å². The van der Waals surface area contributed by atoms with Crippen molar-refractivity contribution in [1.29, 1.82) is 0 Å². The smallest absolute Gasteiger partial charge is 0.251 e. The van der Waals surface area contributed by atoms with Crippen LogP contribution >= 0.6 is 0 Å². The molecule has 0 unspecified atom stereocenters. The van der Waals surface area contributed by atoms with Gasteiger partial charge in [-0.25, -0.2) is 0 Å². The van der Waals surface area contributed by atoms with Crippen LogP contribution in [0.5, 0.6) is 5.75 Å². The molecule has 1 N–H and O–H groups in total. The topological polar surface area (TPSA) is 38.3 Å². The monoisotopic (exact) mass is 321 g/mol. The van der Waals surface area contributed by atoms with Crippen LogP contribution in [-0.4, -0.2) is 12.5 Å². The molecule has 0 aromatic heterocycles. The maximum atomic E-state index is 12.4. The quantitative estimate of drug-likeness (QED) is 0.809. The molecule has 3 rings (SSSR count). The molecule has 3 heteroatoms. The van der Waals surface area contributed by atoms with Gasteiger partial charge in [0.2, 0.25) is 0 Å². The van der Waals surface area contributed by atoms with Gasteiger partial charge in [0.1, 0.15) is 12.4 Å². The summed E-state index contributed by atoms with van der Waals surface area (Å²) in [6, 6.07) is 13.7. The fraction of sp³-hybridized carbons (Fsp3) is 0.286. The van der Waals surface area contributed by atoms with E-state index in [-0.39, 0.29) is 11.9 Å². The van der Waals surface area contributed by atoms with E-state index >= 15 is 0 Å². The highest BCUT2D eigenvalue weighted by molar-refractivity contribution is 5.94. The molecule has 0 saturated heterocycles. The Bertz CT molecular complexity index is 734. The second-order valence-corrected chi connectivity index (χ2v) is 6.20. The Morgan fingerprint density at radius 2 is 1.96 bits per heavy atom. The third-order valence-corrected chi connectivity index (χ3v) is 4.45. The first-order chi connectivity index (χ1) is 11.7. The average Bonchev–Trinajstić information content (AvgIpc) is 3.08. The lowest BCUT2D eigenvalue weighted by Crippen LogP contribution is -2.26. The molecule has 3 nitrogen and oxygen atoms in total. The van der Waals surface area contributed by atoms with E-state index < -0.39 is 0 Å². The van der Waals surface area contributed by atoms with Gasteiger partial charge in [-0.15, -0.1) is 0 Å². The van der Waals surface area contributed by atoms with E-state index in [0.29, 0.717) is 12.2 Å². The van der Waals surface area contributed by atoms with Crippen LogP contribution in [0, 0.1) is 0 Å². The van der Waals surface area contributed by atoms with Gasteiger partial charge < -0.3 is 10.1 Å². The number of carbonyl (C=O) groups is 1. The van der Waals surface area contributed by atoms with Crippen molar-refractivity contribution >= 4 is 5.91 Å². The number of nitrogens with one attached hydrogen (secondary N) is 1. The number of hydrogen-bond acceptors (Lipinski definition) is 2. The number of ether oxygens (including phenoxy) is 1. The minimum absolute atomic E-state index is 0.0138. The molecular weight excluding hydrogens is 298 g/mol.